The average Bonchev–Trinajstić information content (AvgIpc) is 2.79. The number of amides is 1. The monoisotopic (exact) mass is 323 g/mol. The van der Waals surface area contributed by atoms with Gasteiger partial charge in [0.25, 0.3) is 5.91 Å². The van der Waals surface area contributed by atoms with E-state index in [2.05, 4.69) is 22.5 Å². The van der Waals surface area contributed by atoms with Crippen molar-refractivity contribution in [1.29, 1.82) is 0 Å². The third kappa shape index (κ3) is 3.54. The van der Waals surface area contributed by atoms with Gasteiger partial charge in [0.2, 0.25) is 0 Å². The minimum atomic E-state index is -0.136. The van der Waals surface area contributed by atoms with Crippen LogP contribution in [-0.2, 0) is 0 Å². The van der Waals surface area contributed by atoms with Gasteiger partial charge in [-0.2, -0.15) is 0 Å². The molecule has 0 fully saturated rings. The van der Waals surface area contributed by atoms with E-state index in [1.807, 2.05) is 13.8 Å². The van der Waals surface area contributed by atoms with Gasteiger partial charge in [-0.25, -0.2) is 4.98 Å². The number of hydrogen-bond acceptors (Lipinski definition) is 4. The first-order chi connectivity index (χ1) is 9.92. The van der Waals surface area contributed by atoms with Crippen molar-refractivity contribution in [1.82, 2.24) is 10.3 Å². The summed E-state index contributed by atoms with van der Waals surface area (Å²) in [4.78, 5) is 17.4. The Labute approximate surface area is 133 Å². The molecule has 0 aliphatic rings. The molecule has 0 aliphatic heterocycles. The number of thiazole rings is 1. The van der Waals surface area contributed by atoms with Crippen LogP contribution in [0, 0.1) is 13.8 Å². The van der Waals surface area contributed by atoms with E-state index in [0.29, 0.717) is 10.6 Å². The van der Waals surface area contributed by atoms with Crippen LogP contribution in [0.5, 0.6) is 0 Å². The Hall–Kier alpha value is -1.59. The third-order valence-electron chi connectivity index (χ3n) is 3.18. The molecular weight excluding hydrogens is 306 g/mol. The summed E-state index contributed by atoms with van der Waals surface area (Å²) in [6.45, 7) is 6.08. The van der Waals surface area contributed by atoms with Crippen LogP contribution in [0.25, 0.3) is 0 Å². The van der Waals surface area contributed by atoms with Gasteiger partial charge in [-0.3, -0.25) is 4.79 Å². The number of carbonyl (C=O) groups is 1. The number of anilines is 1. The summed E-state index contributed by atoms with van der Waals surface area (Å²) >= 11 is 7.88. The molecule has 1 atom stereocenters. The Morgan fingerprint density at radius 2 is 2.10 bits per heavy atom. The number of hydrogen-bond donors (Lipinski definition) is 2. The zero-order valence-corrected chi connectivity index (χ0v) is 14.0. The lowest BCUT2D eigenvalue weighted by Gasteiger charge is -2.16. The maximum absolute atomic E-state index is 11.7. The normalized spacial score (nSPS) is 12.0. The summed E-state index contributed by atoms with van der Waals surface area (Å²) < 4.78 is 0. The van der Waals surface area contributed by atoms with Crippen LogP contribution in [-0.4, -0.2) is 17.9 Å². The van der Waals surface area contributed by atoms with Crippen molar-refractivity contribution in [3.8, 4) is 0 Å². The van der Waals surface area contributed by atoms with E-state index < -0.39 is 0 Å². The van der Waals surface area contributed by atoms with Crippen molar-refractivity contribution in [3.63, 3.8) is 0 Å². The van der Waals surface area contributed by atoms with E-state index in [9.17, 15) is 4.79 Å². The Morgan fingerprint density at radius 3 is 2.67 bits per heavy atom. The summed E-state index contributed by atoms with van der Waals surface area (Å²) in [6, 6.07) is 5.20. The molecule has 1 aromatic carbocycles. The number of benzene rings is 1. The summed E-state index contributed by atoms with van der Waals surface area (Å²) in [5.41, 5.74) is 2.32. The molecule has 0 bridgehead atoms. The number of halogens is 1. The van der Waals surface area contributed by atoms with E-state index in [1.54, 1.807) is 36.6 Å². The van der Waals surface area contributed by atoms with Crippen LogP contribution in [0.1, 0.15) is 38.9 Å². The fourth-order valence-electron chi connectivity index (χ4n) is 2.17. The van der Waals surface area contributed by atoms with Crippen molar-refractivity contribution < 1.29 is 4.79 Å². The van der Waals surface area contributed by atoms with Gasteiger partial charge in [0, 0.05) is 17.5 Å². The minimum Gasteiger partial charge on any atom is -0.376 e. The molecule has 2 rings (SSSR count). The van der Waals surface area contributed by atoms with Gasteiger partial charge in [0.1, 0.15) is 0 Å². The maximum atomic E-state index is 11.7. The van der Waals surface area contributed by atoms with E-state index in [1.165, 1.54) is 4.88 Å². The van der Waals surface area contributed by atoms with Gasteiger partial charge < -0.3 is 10.6 Å². The quantitative estimate of drug-likeness (QED) is 0.896. The molecule has 112 valence electrons. The van der Waals surface area contributed by atoms with E-state index in [0.717, 1.165) is 16.4 Å². The molecule has 2 N–H and O–H groups in total. The molecule has 1 amide bonds. The number of aryl methyl sites for hydroxylation is 2. The topological polar surface area (TPSA) is 54.0 Å². The summed E-state index contributed by atoms with van der Waals surface area (Å²) in [5, 5.41) is 7.56. The predicted molar refractivity (Wildman–Crippen MR) is 88.5 cm³/mol. The van der Waals surface area contributed by atoms with Gasteiger partial charge in [0.15, 0.2) is 0 Å². The summed E-state index contributed by atoms with van der Waals surface area (Å²) in [5.74, 6) is -0.136. The predicted octanol–water partition coefficient (Wildman–Crippen LogP) is 3.95. The molecule has 0 aliphatic carbocycles. The van der Waals surface area contributed by atoms with Crippen LogP contribution in [0.4, 0.5) is 5.69 Å². The zero-order chi connectivity index (χ0) is 15.6. The lowest BCUT2D eigenvalue weighted by molar-refractivity contribution is 0.0963. The second-order valence-electron chi connectivity index (χ2n) is 4.81. The van der Waals surface area contributed by atoms with E-state index in [4.69, 9.17) is 11.6 Å². The highest BCUT2D eigenvalue weighted by Crippen LogP contribution is 2.29. The van der Waals surface area contributed by atoms with Gasteiger partial charge in [-0.05, 0) is 39.0 Å². The standard InChI is InChI=1S/C15H18ClN3OS/c1-8(14-9(2)21-10(3)19-14)18-13-7-11(15(20)17-4)5-6-12(13)16/h5-8,18H,1-4H3,(H,17,20). The fraction of sp³-hybridized carbons (Fsp3) is 0.333. The highest BCUT2D eigenvalue weighted by atomic mass is 35.5. The highest BCUT2D eigenvalue weighted by Gasteiger charge is 2.15. The SMILES string of the molecule is CNC(=O)c1ccc(Cl)c(NC(C)c2nc(C)sc2C)c1. The molecular formula is C15H18ClN3OS. The van der Waals surface area contributed by atoms with Crippen LogP contribution < -0.4 is 10.6 Å². The lowest BCUT2D eigenvalue weighted by Crippen LogP contribution is -2.18. The van der Waals surface area contributed by atoms with Gasteiger partial charge in [-0.1, -0.05) is 11.6 Å². The third-order valence-corrected chi connectivity index (χ3v) is 4.41. The van der Waals surface area contributed by atoms with Crippen molar-refractivity contribution in [2.45, 2.75) is 26.8 Å². The van der Waals surface area contributed by atoms with Crippen LogP contribution >= 0.6 is 22.9 Å². The molecule has 2 aromatic rings. The van der Waals surface area contributed by atoms with Crippen LogP contribution in [0.2, 0.25) is 5.02 Å². The van der Waals surface area contributed by atoms with Gasteiger partial charge in [-0.15, -0.1) is 11.3 Å². The molecule has 1 unspecified atom stereocenters. The van der Waals surface area contributed by atoms with Crippen molar-refractivity contribution in [2.75, 3.05) is 12.4 Å². The molecule has 0 spiro atoms. The average molecular weight is 324 g/mol. The number of nitrogens with zero attached hydrogens (tertiary/aromatic N) is 1. The smallest absolute Gasteiger partial charge is 0.251 e. The lowest BCUT2D eigenvalue weighted by atomic mass is 10.1. The van der Waals surface area contributed by atoms with Crippen molar-refractivity contribution >= 4 is 34.5 Å². The Balaban J connectivity index is 2.26. The largest absolute Gasteiger partial charge is 0.376 e. The number of carbonyl (C=O) groups excluding carboxylic acids is 1. The number of nitrogens with one attached hydrogen (secondary N) is 2. The Kier molecular flexibility index (Phi) is 4.85. The first kappa shape index (κ1) is 15.8. The molecule has 1 heterocycles. The van der Waals surface area contributed by atoms with E-state index >= 15 is 0 Å². The van der Waals surface area contributed by atoms with Crippen LogP contribution in [0.15, 0.2) is 18.2 Å². The second kappa shape index (κ2) is 6.45. The number of rotatable bonds is 4. The molecule has 21 heavy (non-hydrogen) atoms. The van der Waals surface area contributed by atoms with Crippen molar-refractivity contribution in [2.24, 2.45) is 0 Å². The Morgan fingerprint density at radius 1 is 1.38 bits per heavy atom. The molecule has 0 saturated heterocycles. The summed E-state index contributed by atoms with van der Waals surface area (Å²) in [7, 11) is 1.61. The summed E-state index contributed by atoms with van der Waals surface area (Å²) in [6.07, 6.45) is 0. The minimum absolute atomic E-state index is 0.0207. The second-order valence-corrected chi connectivity index (χ2v) is 6.63. The zero-order valence-electron chi connectivity index (χ0n) is 12.5. The number of aromatic nitrogens is 1. The first-order valence-electron chi connectivity index (χ1n) is 6.64. The van der Waals surface area contributed by atoms with E-state index in [-0.39, 0.29) is 11.9 Å². The highest BCUT2D eigenvalue weighted by molar-refractivity contribution is 7.11. The molecule has 1 aromatic heterocycles. The molecule has 0 radical (unpaired) electrons. The molecule has 4 nitrogen and oxygen atoms in total. The Bertz CT molecular complexity index is 669. The maximum Gasteiger partial charge on any atom is 0.251 e. The fourth-order valence-corrected chi connectivity index (χ4v) is 3.26. The molecule has 0 saturated carbocycles. The van der Waals surface area contributed by atoms with Crippen molar-refractivity contribution in [3.05, 3.63) is 44.4 Å². The molecule has 6 heteroatoms. The first-order valence-corrected chi connectivity index (χ1v) is 7.84. The van der Waals surface area contributed by atoms with Crippen LogP contribution in [0.3, 0.4) is 0 Å². The van der Waals surface area contributed by atoms with Gasteiger partial charge >= 0.3 is 0 Å². The van der Waals surface area contributed by atoms with Gasteiger partial charge in [0.05, 0.1) is 27.5 Å².